The van der Waals surface area contributed by atoms with Crippen molar-refractivity contribution in [1.82, 2.24) is 0 Å². The molecule has 1 aliphatic rings. The second kappa shape index (κ2) is 5.16. The van der Waals surface area contributed by atoms with Crippen LogP contribution in [-0.2, 0) is 19.7 Å². The third-order valence-electron chi connectivity index (χ3n) is 3.34. The summed E-state index contributed by atoms with van der Waals surface area (Å²) in [5.41, 5.74) is -0.137. The molecule has 1 aromatic rings. The largest absolute Gasteiger partial charge is 0.465 e. The Balaban J connectivity index is 2.48. The van der Waals surface area contributed by atoms with Crippen molar-refractivity contribution in [2.45, 2.75) is 26.2 Å². The highest BCUT2D eigenvalue weighted by Gasteiger charge is 2.46. The third kappa shape index (κ3) is 2.32. The van der Waals surface area contributed by atoms with Gasteiger partial charge in [0.25, 0.3) is 0 Å². The van der Waals surface area contributed by atoms with Crippen molar-refractivity contribution in [1.29, 1.82) is 0 Å². The summed E-state index contributed by atoms with van der Waals surface area (Å²) in [6.07, 6.45) is 0. The van der Waals surface area contributed by atoms with Crippen molar-refractivity contribution < 1.29 is 18.7 Å². The highest BCUT2D eigenvalue weighted by molar-refractivity contribution is 9.10. The molecule has 0 aromatic heterocycles. The fourth-order valence-corrected chi connectivity index (χ4v) is 2.79. The molecule has 0 saturated heterocycles. The molecule has 0 aliphatic carbocycles. The molecule has 0 unspecified atom stereocenters. The Labute approximate surface area is 125 Å². The summed E-state index contributed by atoms with van der Waals surface area (Å²) in [6, 6.07) is 2.99. The standard InChI is InChI=1S/C14H15BrFNO3/c1-4-20-11(18)7-17-12-9(14(2,3)13(17)19)5-8(15)6-10(12)16/h5-6H,4,7H2,1-3H3. The number of ether oxygens (including phenoxy) is 1. The molecule has 0 bridgehead atoms. The van der Waals surface area contributed by atoms with E-state index in [0.717, 1.165) is 4.90 Å². The molecule has 20 heavy (non-hydrogen) atoms. The summed E-state index contributed by atoms with van der Waals surface area (Å²) in [5, 5.41) is 0. The fraction of sp³-hybridized carbons (Fsp3) is 0.429. The second-order valence-corrected chi connectivity index (χ2v) is 6.02. The first kappa shape index (κ1) is 15.0. The van der Waals surface area contributed by atoms with Crippen LogP contribution in [0.15, 0.2) is 16.6 Å². The molecule has 6 heteroatoms. The van der Waals surface area contributed by atoms with Crippen LogP contribution in [0.2, 0.25) is 0 Å². The topological polar surface area (TPSA) is 46.6 Å². The number of benzene rings is 1. The molecule has 1 aliphatic heterocycles. The molecule has 0 fully saturated rings. The number of nitrogens with zero attached hydrogens (tertiary/aromatic N) is 1. The Hall–Kier alpha value is -1.43. The maximum Gasteiger partial charge on any atom is 0.326 e. The zero-order valence-corrected chi connectivity index (χ0v) is 13.1. The lowest BCUT2D eigenvalue weighted by Gasteiger charge is -2.19. The van der Waals surface area contributed by atoms with Gasteiger partial charge in [0.2, 0.25) is 5.91 Å². The molecule has 0 N–H and O–H groups in total. The van der Waals surface area contributed by atoms with Gasteiger partial charge in [0.15, 0.2) is 0 Å². The predicted molar refractivity (Wildman–Crippen MR) is 76.1 cm³/mol. The van der Waals surface area contributed by atoms with Gasteiger partial charge in [0, 0.05) is 4.47 Å². The quantitative estimate of drug-likeness (QED) is 0.793. The van der Waals surface area contributed by atoms with Gasteiger partial charge in [-0.2, -0.15) is 0 Å². The highest BCUT2D eigenvalue weighted by Crippen LogP contribution is 2.44. The Bertz CT molecular complexity index is 586. The second-order valence-electron chi connectivity index (χ2n) is 5.11. The van der Waals surface area contributed by atoms with Gasteiger partial charge in [-0.25, -0.2) is 4.39 Å². The summed E-state index contributed by atoms with van der Waals surface area (Å²) in [4.78, 5) is 25.2. The molecule has 1 amide bonds. The molecule has 108 valence electrons. The van der Waals surface area contributed by atoms with Crippen LogP contribution in [-0.4, -0.2) is 25.0 Å². The lowest BCUT2D eigenvalue weighted by molar-refractivity contribution is -0.142. The van der Waals surface area contributed by atoms with E-state index in [2.05, 4.69) is 15.9 Å². The summed E-state index contributed by atoms with van der Waals surface area (Å²) in [6.45, 7) is 5.05. The van der Waals surface area contributed by atoms with E-state index in [1.807, 2.05) is 0 Å². The lowest BCUT2D eigenvalue weighted by atomic mass is 9.86. The van der Waals surface area contributed by atoms with Gasteiger partial charge in [-0.3, -0.25) is 14.5 Å². The number of carbonyl (C=O) groups excluding carboxylic acids is 2. The number of amides is 1. The molecule has 0 saturated carbocycles. The molecule has 1 heterocycles. The molecule has 4 nitrogen and oxygen atoms in total. The molecule has 0 atom stereocenters. The first-order chi connectivity index (χ1) is 9.28. The molecular weight excluding hydrogens is 329 g/mol. The van der Waals surface area contributed by atoms with Gasteiger partial charge in [0.05, 0.1) is 17.7 Å². The van der Waals surface area contributed by atoms with Crippen molar-refractivity contribution in [3.8, 4) is 0 Å². The number of halogens is 2. The summed E-state index contributed by atoms with van der Waals surface area (Å²) in [7, 11) is 0. The van der Waals surface area contributed by atoms with E-state index in [9.17, 15) is 14.0 Å². The molecular formula is C14H15BrFNO3. The molecule has 1 aromatic carbocycles. The average Bonchev–Trinajstić information content (AvgIpc) is 2.51. The SMILES string of the molecule is CCOC(=O)CN1C(=O)C(C)(C)c2cc(Br)cc(F)c21. The average molecular weight is 344 g/mol. The lowest BCUT2D eigenvalue weighted by Crippen LogP contribution is -2.40. The molecule has 0 radical (unpaired) electrons. The van der Waals surface area contributed by atoms with Gasteiger partial charge >= 0.3 is 5.97 Å². The number of hydrogen-bond donors (Lipinski definition) is 0. The zero-order chi connectivity index (χ0) is 15.1. The van der Waals surface area contributed by atoms with Crippen molar-refractivity contribution >= 4 is 33.5 Å². The van der Waals surface area contributed by atoms with Gasteiger partial charge in [-0.05, 0) is 38.5 Å². The number of carbonyl (C=O) groups is 2. The monoisotopic (exact) mass is 343 g/mol. The zero-order valence-electron chi connectivity index (χ0n) is 11.5. The van der Waals surface area contributed by atoms with Crippen molar-refractivity contribution in [2.24, 2.45) is 0 Å². The number of fused-ring (bicyclic) bond motifs is 1. The number of esters is 1. The minimum atomic E-state index is -0.869. The number of anilines is 1. The smallest absolute Gasteiger partial charge is 0.326 e. The van der Waals surface area contributed by atoms with E-state index >= 15 is 0 Å². The van der Waals surface area contributed by atoms with Crippen molar-refractivity contribution in [3.05, 3.63) is 28.0 Å². The van der Waals surface area contributed by atoms with Crippen molar-refractivity contribution in [2.75, 3.05) is 18.1 Å². The first-order valence-corrected chi connectivity index (χ1v) is 7.05. The maximum atomic E-state index is 14.2. The van der Waals surface area contributed by atoms with E-state index in [0.29, 0.717) is 10.0 Å². The highest BCUT2D eigenvalue weighted by atomic mass is 79.9. The van der Waals surface area contributed by atoms with Crippen LogP contribution in [0, 0.1) is 5.82 Å². The predicted octanol–water partition coefficient (Wildman–Crippen LogP) is 2.78. The van der Waals surface area contributed by atoms with Crippen molar-refractivity contribution in [3.63, 3.8) is 0 Å². The normalized spacial score (nSPS) is 16.2. The molecule has 2 rings (SSSR count). The van der Waals surface area contributed by atoms with Crippen LogP contribution < -0.4 is 4.90 Å². The van der Waals surface area contributed by atoms with E-state index in [4.69, 9.17) is 4.74 Å². The summed E-state index contributed by atoms with van der Waals surface area (Å²) >= 11 is 3.22. The Morgan fingerprint density at radius 1 is 1.45 bits per heavy atom. The van der Waals surface area contributed by atoms with Crippen LogP contribution in [0.5, 0.6) is 0 Å². The first-order valence-electron chi connectivity index (χ1n) is 6.26. The minimum Gasteiger partial charge on any atom is -0.465 e. The summed E-state index contributed by atoms with van der Waals surface area (Å²) < 4.78 is 19.6. The minimum absolute atomic E-state index is 0.163. The number of rotatable bonds is 3. The fourth-order valence-electron chi connectivity index (χ4n) is 2.36. The third-order valence-corrected chi connectivity index (χ3v) is 3.80. The van der Waals surface area contributed by atoms with Crippen LogP contribution in [0.3, 0.4) is 0 Å². The maximum absolute atomic E-state index is 14.2. The Morgan fingerprint density at radius 2 is 2.10 bits per heavy atom. The van der Waals surface area contributed by atoms with Gasteiger partial charge in [-0.1, -0.05) is 15.9 Å². The van der Waals surface area contributed by atoms with E-state index < -0.39 is 17.2 Å². The van der Waals surface area contributed by atoms with Crippen LogP contribution in [0.25, 0.3) is 0 Å². The van der Waals surface area contributed by atoms with E-state index in [-0.39, 0.29) is 24.7 Å². The Kier molecular flexibility index (Phi) is 3.86. The van der Waals surface area contributed by atoms with E-state index in [1.54, 1.807) is 26.8 Å². The van der Waals surface area contributed by atoms with Gasteiger partial charge < -0.3 is 4.74 Å². The van der Waals surface area contributed by atoms with Crippen LogP contribution in [0.1, 0.15) is 26.3 Å². The van der Waals surface area contributed by atoms with E-state index in [1.165, 1.54) is 6.07 Å². The van der Waals surface area contributed by atoms with Crippen LogP contribution in [0.4, 0.5) is 10.1 Å². The molecule has 0 spiro atoms. The van der Waals surface area contributed by atoms with Gasteiger partial charge in [0.1, 0.15) is 12.4 Å². The van der Waals surface area contributed by atoms with Crippen LogP contribution >= 0.6 is 15.9 Å². The number of hydrogen-bond acceptors (Lipinski definition) is 3. The Morgan fingerprint density at radius 3 is 2.70 bits per heavy atom. The van der Waals surface area contributed by atoms with Gasteiger partial charge in [-0.15, -0.1) is 0 Å². The summed E-state index contributed by atoms with van der Waals surface area (Å²) in [5.74, 6) is -1.39.